The second-order valence-corrected chi connectivity index (χ2v) is 4.27. The van der Waals surface area contributed by atoms with Crippen LogP contribution in [0.25, 0.3) is 0 Å². The van der Waals surface area contributed by atoms with Gasteiger partial charge >= 0.3 is 0 Å². The lowest BCUT2D eigenvalue weighted by Crippen LogP contribution is -1.84. The van der Waals surface area contributed by atoms with Crippen molar-refractivity contribution in [3.05, 3.63) is 20.8 Å². The Hall–Kier alpha value is -0.440. The van der Waals surface area contributed by atoms with E-state index in [1.807, 2.05) is 11.4 Å². The summed E-state index contributed by atoms with van der Waals surface area (Å²) in [5, 5.41) is 2.05. The Kier molecular flexibility index (Phi) is 3.49. The van der Waals surface area contributed by atoms with Gasteiger partial charge in [-0.3, -0.25) is 0 Å². The van der Waals surface area contributed by atoms with Crippen LogP contribution in [0.1, 0.15) is 5.56 Å². The van der Waals surface area contributed by atoms with Gasteiger partial charge in [0.2, 0.25) is 6.08 Å². The molecule has 0 unspecified atom stereocenters. The first kappa shape index (κ1) is 8.65. The molecule has 1 aromatic rings. The highest BCUT2D eigenvalue weighted by atomic mass is 79.9. The summed E-state index contributed by atoms with van der Waals surface area (Å²) in [6, 6.07) is 2.03. The first-order valence-electron chi connectivity index (χ1n) is 3.09. The van der Waals surface area contributed by atoms with Crippen molar-refractivity contribution >= 4 is 33.3 Å². The molecule has 1 heterocycles. The molecule has 1 rings (SSSR count). The Morgan fingerprint density at radius 2 is 2.55 bits per heavy atom. The molecule has 0 aliphatic carbocycles. The molecule has 0 atom stereocenters. The molecule has 1 aromatic heterocycles. The van der Waals surface area contributed by atoms with Gasteiger partial charge in [-0.05, 0) is 39.4 Å². The van der Waals surface area contributed by atoms with Crippen LogP contribution in [0.15, 0.2) is 20.2 Å². The zero-order valence-corrected chi connectivity index (χ0v) is 8.11. The quantitative estimate of drug-likeness (QED) is 0.581. The number of hydrogen-bond donors (Lipinski definition) is 0. The molecule has 0 saturated carbocycles. The Morgan fingerprint density at radius 3 is 3.09 bits per heavy atom. The fourth-order valence-corrected chi connectivity index (χ4v) is 1.95. The number of rotatable bonds is 3. The molecule has 11 heavy (non-hydrogen) atoms. The van der Waals surface area contributed by atoms with E-state index in [4.69, 9.17) is 0 Å². The van der Waals surface area contributed by atoms with E-state index in [9.17, 15) is 4.79 Å². The van der Waals surface area contributed by atoms with Crippen LogP contribution < -0.4 is 0 Å². The van der Waals surface area contributed by atoms with Crippen molar-refractivity contribution in [1.82, 2.24) is 0 Å². The van der Waals surface area contributed by atoms with Gasteiger partial charge in [-0.1, -0.05) is 0 Å². The topological polar surface area (TPSA) is 29.4 Å². The Bertz CT molecular complexity index is 278. The zero-order valence-electron chi connectivity index (χ0n) is 5.71. The van der Waals surface area contributed by atoms with Crippen LogP contribution in [0.4, 0.5) is 0 Å². The van der Waals surface area contributed by atoms with Crippen LogP contribution >= 0.6 is 27.3 Å². The second kappa shape index (κ2) is 4.44. The minimum absolute atomic E-state index is 0.534. The van der Waals surface area contributed by atoms with E-state index in [-0.39, 0.29) is 0 Å². The van der Waals surface area contributed by atoms with E-state index >= 15 is 0 Å². The molecular weight excluding hydrogens is 226 g/mol. The minimum Gasteiger partial charge on any atom is -0.211 e. The molecule has 0 saturated heterocycles. The largest absolute Gasteiger partial charge is 0.234 e. The summed E-state index contributed by atoms with van der Waals surface area (Å²) in [7, 11) is 0. The highest BCUT2D eigenvalue weighted by Crippen LogP contribution is 2.20. The molecule has 58 valence electrons. The smallest absolute Gasteiger partial charge is 0.211 e. The first-order chi connectivity index (χ1) is 5.33. The van der Waals surface area contributed by atoms with Crippen molar-refractivity contribution in [3.63, 3.8) is 0 Å². The molecule has 4 heteroatoms. The van der Waals surface area contributed by atoms with Gasteiger partial charge in [0.1, 0.15) is 0 Å². The van der Waals surface area contributed by atoms with Crippen LogP contribution in [0.2, 0.25) is 0 Å². The molecule has 0 aliphatic heterocycles. The first-order valence-corrected chi connectivity index (χ1v) is 4.76. The predicted molar refractivity (Wildman–Crippen MR) is 48.7 cm³/mol. The monoisotopic (exact) mass is 231 g/mol. The maximum Gasteiger partial charge on any atom is 0.234 e. The Labute approximate surface area is 77.1 Å². The van der Waals surface area contributed by atoms with E-state index in [0.717, 1.165) is 10.2 Å². The molecule has 0 aromatic carbocycles. The standard InChI is InChI=1S/C7H6BrNOS/c8-7-3-6(4-11-7)1-2-9-5-10/h3-4H,1-2H2. The third kappa shape index (κ3) is 2.97. The average Bonchev–Trinajstić information content (AvgIpc) is 2.37. The number of carbonyl (C=O) groups excluding carboxylic acids is 1. The molecule has 2 nitrogen and oxygen atoms in total. The van der Waals surface area contributed by atoms with Crippen molar-refractivity contribution in [1.29, 1.82) is 0 Å². The summed E-state index contributed by atoms with van der Waals surface area (Å²) in [6.45, 7) is 0.534. The lowest BCUT2D eigenvalue weighted by Gasteiger charge is -1.87. The van der Waals surface area contributed by atoms with E-state index in [0.29, 0.717) is 6.54 Å². The van der Waals surface area contributed by atoms with Gasteiger partial charge in [0.15, 0.2) is 0 Å². The normalized spacial score (nSPS) is 9.18. The number of aliphatic imine (C=N–C) groups is 1. The van der Waals surface area contributed by atoms with Crippen LogP contribution in [-0.2, 0) is 11.2 Å². The zero-order chi connectivity index (χ0) is 8.10. The predicted octanol–water partition coefficient (Wildman–Crippen LogP) is 2.39. The summed E-state index contributed by atoms with van der Waals surface area (Å²) < 4.78 is 1.11. The van der Waals surface area contributed by atoms with Crippen LogP contribution in [0.5, 0.6) is 0 Å². The van der Waals surface area contributed by atoms with Gasteiger partial charge < -0.3 is 0 Å². The Balaban J connectivity index is 2.44. The van der Waals surface area contributed by atoms with Crippen LogP contribution in [0, 0.1) is 0 Å². The molecule has 0 radical (unpaired) electrons. The highest BCUT2D eigenvalue weighted by Gasteiger charge is 1.95. The van der Waals surface area contributed by atoms with E-state index in [2.05, 4.69) is 20.9 Å². The van der Waals surface area contributed by atoms with E-state index in [1.54, 1.807) is 11.3 Å². The SMILES string of the molecule is O=C=NCCc1csc(Br)c1. The molecule has 0 N–H and O–H groups in total. The molecule has 0 spiro atoms. The molecule has 0 bridgehead atoms. The summed E-state index contributed by atoms with van der Waals surface area (Å²) in [5.74, 6) is 0. The van der Waals surface area contributed by atoms with Gasteiger partial charge in [-0.25, -0.2) is 9.79 Å². The number of isocyanates is 1. The summed E-state index contributed by atoms with van der Waals surface area (Å²) in [6.07, 6.45) is 2.33. The van der Waals surface area contributed by atoms with Crippen molar-refractivity contribution in [2.45, 2.75) is 6.42 Å². The van der Waals surface area contributed by atoms with Crippen molar-refractivity contribution in [2.24, 2.45) is 4.99 Å². The third-order valence-electron chi connectivity index (χ3n) is 1.20. The average molecular weight is 232 g/mol. The van der Waals surface area contributed by atoms with Gasteiger partial charge in [0.05, 0.1) is 10.3 Å². The Morgan fingerprint density at radius 1 is 1.73 bits per heavy atom. The third-order valence-corrected chi connectivity index (χ3v) is 2.75. The maximum atomic E-state index is 9.70. The van der Waals surface area contributed by atoms with Crippen LogP contribution in [-0.4, -0.2) is 12.6 Å². The summed E-state index contributed by atoms with van der Waals surface area (Å²) >= 11 is 4.99. The minimum atomic E-state index is 0.534. The van der Waals surface area contributed by atoms with Gasteiger partial charge in [0.25, 0.3) is 0 Å². The lowest BCUT2D eigenvalue weighted by molar-refractivity contribution is 0.563. The van der Waals surface area contributed by atoms with Gasteiger partial charge in [-0.2, -0.15) is 0 Å². The van der Waals surface area contributed by atoms with E-state index < -0.39 is 0 Å². The molecule has 0 amide bonds. The van der Waals surface area contributed by atoms with Crippen molar-refractivity contribution < 1.29 is 4.79 Å². The molecular formula is C7H6BrNOS. The number of hydrogen-bond acceptors (Lipinski definition) is 3. The fraction of sp³-hybridized carbons (Fsp3) is 0.286. The molecule has 0 fully saturated rings. The highest BCUT2D eigenvalue weighted by molar-refractivity contribution is 9.11. The lowest BCUT2D eigenvalue weighted by atomic mass is 10.2. The van der Waals surface area contributed by atoms with Crippen LogP contribution in [0.3, 0.4) is 0 Å². The van der Waals surface area contributed by atoms with Crippen molar-refractivity contribution in [2.75, 3.05) is 6.54 Å². The molecule has 0 aliphatic rings. The van der Waals surface area contributed by atoms with Gasteiger partial charge in [0, 0.05) is 0 Å². The summed E-state index contributed by atoms with van der Waals surface area (Å²) in [4.78, 5) is 13.2. The maximum absolute atomic E-state index is 9.70. The number of nitrogens with zero attached hydrogens (tertiary/aromatic N) is 1. The number of thiophene rings is 1. The summed E-state index contributed by atoms with van der Waals surface area (Å²) in [5.41, 5.74) is 1.21. The number of halogens is 1. The van der Waals surface area contributed by atoms with Crippen molar-refractivity contribution in [3.8, 4) is 0 Å². The second-order valence-electron chi connectivity index (χ2n) is 1.98. The van der Waals surface area contributed by atoms with E-state index in [1.165, 1.54) is 11.6 Å². The fourth-order valence-electron chi connectivity index (χ4n) is 0.708. The van der Waals surface area contributed by atoms with Gasteiger partial charge in [-0.15, -0.1) is 11.3 Å².